The average Bonchev–Trinajstić information content (AvgIpc) is 2.83. The second-order valence-electron chi connectivity index (χ2n) is 4.89. The number of benzene rings is 1. The minimum absolute atomic E-state index is 0.130. The first kappa shape index (κ1) is 13.6. The number of amides is 1. The third kappa shape index (κ3) is 2.74. The van der Waals surface area contributed by atoms with Crippen LogP contribution in [0.3, 0.4) is 0 Å². The molecule has 1 amide bonds. The molecule has 0 bridgehead atoms. The van der Waals surface area contributed by atoms with E-state index >= 15 is 0 Å². The van der Waals surface area contributed by atoms with Gasteiger partial charge >= 0.3 is 0 Å². The van der Waals surface area contributed by atoms with Crippen molar-refractivity contribution < 1.29 is 9.53 Å². The molecule has 0 spiro atoms. The minimum Gasteiger partial charge on any atom is -0.467 e. The van der Waals surface area contributed by atoms with Gasteiger partial charge in [0.1, 0.15) is 11.6 Å². The zero-order valence-electron chi connectivity index (χ0n) is 11.1. The number of likely N-dealkylation sites (tertiary alicyclic amines) is 1. The first-order valence-corrected chi connectivity index (χ1v) is 7.80. The van der Waals surface area contributed by atoms with Crippen molar-refractivity contribution in [2.45, 2.75) is 25.9 Å². The number of hydrogen-bond donors (Lipinski definition) is 0. The molecule has 1 saturated heterocycles. The molecule has 20 heavy (non-hydrogen) atoms. The summed E-state index contributed by atoms with van der Waals surface area (Å²) in [6, 6.07) is 5.74. The van der Waals surface area contributed by atoms with Gasteiger partial charge in [0.2, 0.25) is 5.91 Å². The van der Waals surface area contributed by atoms with Gasteiger partial charge in [-0.05, 0) is 12.1 Å². The number of halogens is 1. The average molecular weight is 311 g/mol. The summed E-state index contributed by atoms with van der Waals surface area (Å²) in [6.45, 7) is 3.12. The van der Waals surface area contributed by atoms with E-state index in [4.69, 9.17) is 16.3 Å². The molecule has 0 saturated carbocycles. The monoisotopic (exact) mass is 310 g/mol. The summed E-state index contributed by atoms with van der Waals surface area (Å²) in [4.78, 5) is 17.6. The molecule has 1 fully saturated rings. The molecule has 0 aliphatic carbocycles. The van der Waals surface area contributed by atoms with Crippen molar-refractivity contribution in [1.29, 1.82) is 0 Å². The number of nitrogens with zero attached hydrogens (tertiary/aromatic N) is 2. The highest BCUT2D eigenvalue weighted by Crippen LogP contribution is 2.33. The number of para-hydroxylation sites is 1. The highest BCUT2D eigenvalue weighted by Gasteiger charge is 2.23. The Bertz CT molecular complexity index is 635. The fourth-order valence-electron chi connectivity index (χ4n) is 2.38. The van der Waals surface area contributed by atoms with Gasteiger partial charge in [0.25, 0.3) is 5.19 Å². The van der Waals surface area contributed by atoms with E-state index in [-0.39, 0.29) is 12.0 Å². The number of rotatable bonds is 2. The van der Waals surface area contributed by atoms with E-state index in [9.17, 15) is 4.79 Å². The predicted molar refractivity (Wildman–Crippen MR) is 80.5 cm³/mol. The molecule has 0 radical (unpaired) electrons. The maximum Gasteiger partial charge on any atom is 0.274 e. The number of piperidine rings is 1. The van der Waals surface area contributed by atoms with Crippen LogP contribution in [0.4, 0.5) is 0 Å². The van der Waals surface area contributed by atoms with Crippen molar-refractivity contribution in [3.8, 4) is 5.19 Å². The van der Waals surface area contributed by atoms with Crippen LogP contribution in [-0.2, 0) is 4.79 Å². The van der Waals surface area contributed by atoms with Gasteiger partial charge in [0.05, 0.1) is 9.72 Å². The van der Waals surface area contributed by atoms with Crippen LogP contribution in [0, 0.1) is 0 Å². The molecule has 106 valence electrons. The zero-order valence-corrected chi connectivity index (χ0v) is 12.7. The molecule has 4 nitrogen and oxygen atoms in total. The molecule has 6 heteroatoms. The molecule has 1 aromatic heterocycles. The van der Waals surface area contributed by atoms with Gasteiger partial charge in [0.15, 0.2) is 0 Å². The molecule has 0 unspecified atom stereocenters. The van der Waals surface area contributed by atoms with E-state index < -0.39 is 0 Å². The van der Waals surface area contributed by atoms with E-state index in [2.05, 4.69) is 4.98 Å². The smallest absolute Gasteiger partial charge is 0.274 e. The fourth-order valence-corrected chi connectivity index (χ4v) is 3.56. The van der Waals surface area contributed by atoms with Crippen LogP contribution in [-0.4, -0.2) is 35.0 Å². The highest BCUT2D eigenvalue weighted by molar-refractivity contribution is 7.20. The van der Waals surface area contributed by atoms with E-state index in [0.29, 0.717) is 10.2 Å². The van der Waals surface area contributed by atoms with Crippen molar-refractivity contribution in [2.24, 2.45) is 0 Å². The molecule has 1 aliphatic rings. The topological polar surface area (TPSA) is 42.4 Å². The molecule has 1 aromatic carbocycles. The van der Waals surface area contributed by atoms with E-state index in [0.717, 1.165) is 36.1 Å². The number of fused-ring (bicyclic) bond motifs is 1. The SMILES string of the molecule is CC(=O)N1CCC(Oc2nc3c(Cl)cccc3s2)CC1. The Morgan fingerprint density at radius 1 is 1.45 bits per heavy atom. The summed E-state index contributed by atoms with van der Waals surface area (Å²) in [7, 11) is 0. The quantitative estimate of drug-likeness (QED) is 0.854. The Balaban J connectivity index is 1.68. The van der Waals surface area contributed by atoms with Gasteiger partial charge in [-0.3, -0.25) is 4.79 Å². The first-order valence-electron chi connectivity index (χ1n) is 6.60. The Morgan fingerprint density at radius 2 is 2.20 bits per heavy atom. The maximum absolute atomic E-state index is 11.3. The zero-order chi connectivity index (χ0) is 14.1. The summed E-state index contributed by atoms with van der Waals surface area (Å²) in [6.07, 6.45) is 1.83. The third-order valence-electron chi connectivity index (χ3n) is 3.50. The number of carbonyl (C=O) groups is 1. The number of hydrogen-bond acceptors (Lipinski definition) is 4. The van der Waals surface area contributed by atoms with Gasteiger partial charge < -0.3 is 9.64 Å². The van der Waals surface area contributed by atoms with Crippen molar-refractivity contribution >= 4 is 39.1 Å². The fraction of sp³-hybridized carbons (Fsp3) is 0.429. The third-order valence-corrected chi connectivity index (χ3v) is 4.72. The second-order valence-corrected chi connectivity index (χ2v) is 6.29. The summed E-state index contributed by atoms with van der Waals surface area (Å²) in [5.41, 5.74) is 0.801. The standard InChI is InChI=1S/C14H15ClN2O2S/c1-9(18)17-7-5-10(6-8-17)19-14-16-13-11(15)3-2-4-12(13)20-14/h2-4,10H,5-8H2,1H3. The first-order chi connectivity index (χ1) is 9.63. The van der Waals surface area contributed by atoms with E-state index in [1.807, 2.05) is 23.1 Å². The van der Waals surface area contributed by atoms with Crippen LogP contribution in [0.15, 0.2) is 18.2 Å². The summed E-state index contributed by atoms with van der Waals surface area (Å²) in [5, 5.41) is 1.31. The lowest BCUT2D eigenvalue weighted by molar-refractivity contribution is -0.130. The molecule has 2 heterocycles. The van der Waals surface area contributed by atoms with Gasteiger partial charge in [-0.2, -0.15) is 0 Å². The number of carbonyl (C=O) groups excluding carboxylic acids is 1. The Hall–Kier alpha value is -1.33. The molecular weight excluding hydrogens is 296 g/mol. The normalized spacial score (nSPS) is 16.6. The summed E-state index contributed by atoms with van der Waals surface area (Å²) in [5.74, 6) is 0.134. The Kier molecular flexibility index (Phi) is 3.81. The van der Waals surface area contributed by atoms with Crippen LogP contribution in [0.2, 0.25) is 5.02 Å². The molecule has 1 aliphatic heterocycles. The van der Waals surface area contributed by atoms with Crippen molar-refractivity contribution in [2.75, 3.05) is 13.1 Å². The highest BCUT2D eigenvalue weighted by atomic mass is 35.5. The maximum atomic E-state index is 11.3. The Labute approximate surface area is 126 Å². The van der Waals surface area contributed by atoms with Crippen LogP contribution in [0.5, 0.6) is 5.19 Å². The largest absolute Gasteiger partial charge is 0.467 e. The van der Waals surface area contributed by atoms with Crippen molar-refractivity contribution in [3.05, 3.63) is 23.2 Å². The lowest BCUT2D eigenvalue weighted by atomic mass is 10.1. The molecular formula is C14H15ClN2O2S. The second kappa shape index (κ2) is 5.58. The molecule has 2 aromatic rings. The van der Waals surface area contributed by atoms with Gasteiger partial charge in [-0.1, -0.05) is 29.0 Å². The van der Waals surface area contributed by atoms with Gasteiger partial charge in [-0.25, -0.2) is 4.98 Å². The Morgan fingerprint density at radius 3 is 2.85 bits per heavy atom. The number of aromatic nitrogens is 1. The van der Waals surface area contributed by atoms with Crippen LogP contribution in [0.25, 0.3) is 10.2 Å². The van der Waals surface area contributed by atoms with Crippen molar-refractivity contribution in [1.82, 2.24) is 9.88 Å². The van der Waals surface area contributed by atoms with Crippen LogP contribution >= 0.6 is 22.9 Å². The number of ether oxygens (including phenoxy) is 1. The van der Waals surface area contributed by atoms with Gasteiger partial charge in [0, 0.05) is 32.9 Å². The summed E-state index contributed by atoms with van der Waals surface area (Å²) >= 11 is 7.63. The van der Waals surface area contributed by atoms with Gasteiger partial charge in [-0.15, -0.1) is 0 Å². The minimum atomic E-state index is 0.130. The molecule has 3 rings (SSSR count). The lowest BCUT2D eigenvalue weighted by Crippen LogP contribution is -2.40. The van der Waals surface area contributed by atoms with E-state index in [1.54, 1.807) is 6.92 Å². The molecule has 0 N–H and O–H groups in total. The van der Waals surface area contributed by atoms with Crippen LogP contribution in [0.1, 0.15) is 19.8 Å². The lowest BCUT2D eigenvalue weighted by Gasteiger charge is -2.30. The predicted octanol–water partition coefficient (Wildman–Crippen LogP) is 3.34. The summed E-state index contributed by atoms with van der Waals surface area (Å²) < 4.78 is 6.97. The van der Waals surface area contributed by atoms with Crippen molar-refractivity contribution in [3.63, 3.8) is 0 Å². The van der Waals surface area contributed by atoms with Crippen LogP contribution < -0.4 is 4.74 Å². The van der Waals surface area contributed by atoms with E-state index in [1.165, 1.54) is 11.3 Å². The number of thiazole rings is 1. The molecule has 0 atom stereocenters.